The maximum absolute atomic E-state index is 12.6. The number of esters is 2. The number of rotatable bonds is 24. The first-order valence-corrected chi connectivity index (χ1v) is 23.4. The molecule has 2 aromatic carbocycles. The molecule has 0 bridgehead atoms. The first kappa shape index (κ1) is 46.3. The Morgan fingerprint density at radius 2 is 0.823 bits per heavy atom. The highest BCUT2D eigenvalue weighted by atomic mass is 16.5. The van der Waals surface area contributed by atoms with Gasteiger partial charge < -0.3 is 18.9 Å². The predicted octanol–water partition coefficient (Wildman–Crippen LogP) is 11.8. The van der Waals surface area contributed by atoms with Crippen LogP contribution in [0.3, 0.4) is 0 Å². The van der Waals surface area contributed by atoms with Gasteiger partial charge in [0.15, 0.2) is 23.1 Å². The molecule has 0 amide bonds. The number of unbranched alkanes of at least 4 members (excludes halogenated alkanes) is 2. The second-order valence-electron chi connectivity index (χ2n) is 17.4. The largest absolute Gasteiger partial charge is 0.490 e. The van der Waals surface area contributed by atoms with Gasteiger partial charge in [-0.15, -0.1) is 0 Å². The summed E-state index contributed by atoms with van der Waals surface area (Å²) < 4.78 is 22.8. The van der Waals surface area contributed by atoms with Crippen LogP contribution in [0.4, 0.5) is 0 Å². The molecule has 332 valence electrons. The molecule has 0 aliphatic heterocycles. The molecule has 0 N–H and O–H groups in total. The number of carbonyl (C=O) groups is 3. The van der Waals surface area contributed by atoms with E-state index in [4.69, 9.17) is 18.9 Å². The summed E-state index contributed by atoms with van der Waals surface area (Å²) >= 11 is 0. The highest BCUT2D eigenvalue weighted by Crippen LogP contribution is 2.34. The maximum atomic E-state index is 12.6. The Labute approximate surface area is 368 Å². The van der Waals surface area contributed by atoms with Gasteiger partial charge in [-0.2, -0.15) is 0 Å². The molecule has 2 heterocycles. The normalized spacial score (nSPS) is 18.7. The Morgan fingerprint density at radius 1 is 0.468 bits per heavy atom. The van der Waals surface area contributed by atoms with Gasteiger partial charge in [-0.1, -0.05) is 65.2 Å². The van der Waals surface area contributed by atoms with Crippen molar-refractivity contribution < 1.29 is 33.3 Å². The molecule has 62 heavy (non-hydrogen) atoms. The molecule has 2 aromatic heterocycles. The zero-order chi connectivity index (χ0) is 43.4. The van der Waals surface area contributed by atoms with Crippen molar-refractivity contribution in [1.29, 1.82) is 0 Å². The molecule has 2 fully saturated rings. The van der Waals surface area contributed by atoms with Crippen LogP contribution in [0.25, 0.3) is 22.8 Å². The smallest absolute Gasteiger partial charge is 0.311 e. The van der Waals surface area contributed by atoms with Crippen LogP contribution in [0.2, 0.25) is 0 Å². The van der Waals surface area contributed by atoms with Crippen LogP contribution in [0.15, 0.2) is 73.3 Å². The van der Waals surface area contributed by atoms with Crippen molar-refractivity contribution in [2.75, 3.05) is 13.2 Å². The Balaban J connectivity index is 0.747. The predicted molar refractivity (Wildman–Crippen MR) is 240 cm³/mol. The highest BCUT2D eigenvalue weighted by Gasteiger charge is 2.23. The fourth-order valence-electron chi connectivity index (χ4n) is 8.63. The lowest BCUT2D eigenvalue weighted by molar-refractivity contribution is -0.135. The number of ketones is 1. The number of Topliss-reactive ketones (excluding diaryl/α,β-unsaturated/α-hetero) is 1. The topological polar surface area (TPSA) is 140 Å². The average molecular weight is 847 g/mol. The Bertz CT molecular complexity index is 1800. The van der Waals surface area contributed by atoms with Crippen molar-refractivity contribution in [2.24, 2.45) is 23.7 Å². The van der Waals surface area contributed by atoms with Crippen molar-refractivity contribution >= 4 is 17.7 Å². The van der Waals surface area contributed by atoms with E-state index in [0.29, 0.717) is 78.3 Å². The van der Waals surface area contributed by atoms with Gasteiger partial charge in [0.05, 0.1) is 38.0 Å². The van der Waals surface area contributed by atoms with E-state index in [2.05, 4.69) is 19.9 Å². The number of aromatic nitrogens is 4. The lowest BCUT2D eigenvalue weighted by atomic mass is 9.80. The van der Waals surface area contributed by atoms with Gasteiger partial charge in [-0.25, -0.2) is 19.9 Å². The minimum atomic E-state index is -0.227. The number of hydrogen-bond donors (Lipinski definition) is 0. The van der Waals surface area contributed by atoms with Gasteiger partial charge in [0, 0.05) is 36.8 Å². The number of carbonyl (C=O) groups excluding carboxylic acids is 3. The Morgan fingerprint density at radius 3 is 1.18 bits per heavy atom. The summed E-state index contributed by atoms with van der Waals surface area (Å²) in [6, 6.07) is 14.5. The third-order valence-corrected chi connectivity index (χ3v) is 12.4. The minimum Gasteiger partial charge on any atom is -0.490 e. The Hall–Kier alpha value is -5.19. The van der Waals surface area contributed by atoms with E-state index in [1.165, 1.54) is 64.2 Å². The summed E-state index contributed by atoms with van der Waals surface area (Å²) in [4.78, 5) is 54.1. The van der Waals surface area contributed by atoms with Crippen molar-refractivity contribution in [3.63, 3.8) is 0 Å². The van der Waals surface area contributed by atoms with Crippen molar-refractivity contribution in [1.82, 2.24) is 19.9 Å². The van der Waals surface area contributed by atoms with Crippen LogP contribution >= 0.6 is 0 Å². The minimum absolute atomic E-state index is 0.227. The SMILES string of the molecule is CCCC(=O)Oc1ccc(-c2ncc(OCC3CCC(CCCCC(=O)CCCC[C@H]4CC[C@H](COc5cnc(-c6ccc(OC(=O)CCC)cc6)nc5)CC4)CC3)cn2)cc1. The standard InChI is InChI=1S/C51H66N4O7/c1-3-9-48(57)61-44-27-23-41(24-28-44)50-52-31-46(32-53-50)59-35-39-19-15-37(16-20-39)11-5-7-13-43(56)14-8-6-12-38-17-21-40(22-18-38)36-60-47-33-54-51(55-34-47)42-25-29-45(30-26-42)62-49(58)10-4-2/h23-34,37-40H,3-22,35-36H2,1-2H3/t37-,38?,39-,40?. The molecular formula is C51H66N4O7. The van der Waals surface area contributed by atoms with Gasteiger partial charge in [-0.05, 0) is 124 Å². The molecule has 11 nitrogen and oxygen atoms in total. The number of ether oxygens (including phenoxy) is 4. The van der Waals surface area contributed by atoms with E-state index in [-0.39, 0.29) is 11.9 Å². The van der Waals surface area contributed by atoms with E-state index in [0.717, 1.165) is 74.3 Å². The van der Waals surface area contributed by atoms with E-state index in [9.17, 15) is 14.4 Å². The molecule has 2 saturated carbocycles. The lowest BCUT2D eigenvalue weighted by Crippen LogP contribution is -2.20. The summed E-state index contributed by atoms with van der Waals surface area (Å²) in [5.74, 6) is 6.22. The van der Waals surface area contributed by atoms with Gasteiger partial charge >= 0.3 is 11.9 Å². The molecule has 0 saturated heterocycles. The van der Waals surface area contributed by atoms with Gasteiger partial charge in [-0.3, -0.25) is 14.4 Å². The molecule has 0 spiro atoms. The van der Waals surface area contributed by atoms with Crippen molar-refractivity contribution in [3.8, 4) is 45.8 Å². The molecule has 6 rings (SSSR count). The molecule has 2 aliphatic carbocycles. The van der Waals surface area contributed by atoms with Crippen LogP contribution in [0.1, 0.15) is 142 Å². The van der Waals surface area contributed by atoms with Gasteiger partial charge in [0.2, 0.25) is 0 Å². The van der Waals surface area contributed by atoms with Crippen molar-refractivity contribution in [3.05, 3.63) is 73.3 Å². The molecule has 0 radical (unpaired) electrons. The first-order chi connectivity index (χ1) is 30.3. The van der Waals surface area contributed by atoms with Gasteiger partial charge in [0.25, 0.3) is 0 Å². The summed E-state index contributed by atoms with van der Waals surface area (Å²) in [6.07, 6.45) is 27.1. The third-order valence-electron chi connectivity index (χ3n) is 12.4. The molecule has 0 unspecified atom stereocenters. The van der Waals surface area contributed by atoms with E-state index in [1.807, 2.05) is 38.1 Å². The van der Waals surface area contributed by atoms with Crippen LogP contribution in [-0.2, 0) is 14.4 Å². The Kier molecular flexibility index (Phi) is 18.7. The van der Waals surface area contributed by atoms with E-state index >= 15 is 0 Å². The average Bonchev–Trinajstić information content (AvgIpc) is 3.30. The lowest BCUT2D eigenvalue weighted by Gasteiger charge is -2.28. The van der Waals surface area contributed by atoms with E-state index < -0.39 is 0 Å². The van der Waals surface area contributed by atoms with Crippen molar-refractivity contribution in [2.45, 2.75) is 142 Å². The summed E-state index contributed by atoms with van der Waals surface area (Å²) in [7, 11) is 0. The highest BCUT2D eigenvalue weighted by molar-refractivity contribution is 5.78. The molecule has 2 aliphatic rings. The second kappa shape index (κ2) is 25.1. The summed E-state index contributed by atoms with van der Waals surface area (Å²) in [6.45, 7) is 5.27. The zero-order valence-corrected chi connectivity index (χ0v) is 36.9. The molecular weight excluding hydrogens is 781 g/mol. The summed E-state index contributed by atoms with van der Waals surface area (Å²) in [5.41, 5.74) is 1.70. The molecule has 4 aromatic rings. The monoisotopic (exact) mass is 846 g/mol. The first-order valence-electron chi connectivity index (χ1n) is 23.4. The van der Waals surface area contributed by atoms with Crippen LogP contribution < -0.4 is 18.9 Å². The molecule has 11 heteroatoms. The maximum Gasteiger partial charge on any atom is 0.311 e. The quantitative estimate of drug-likeness (QED) is 0.0378. The van der Waals surface area contributed by atoms with Crippen LogP contribution in [-0.4, -0.2) is 50.9 Å². The summed E-state index contributed by atoms with van der Waals surface area (Å²) in [5, 5.41) is 0. The fourth-order valence-corrected chi connectivity index (χ4v) is 8.63. The molecule has 0 atom stereocenters. The number of hydrogen-bond acceptors (Lipinski definition) is 11. The second-order valence-corrected chi connectivity index (χ2v) is 17.4. The van der Waals surface area contributed by atoms with Crippen LogP contribution in [0, 0.1) is 23.7 Å². The zero-order valence-electron chi connectivity index (χ0n) is 36.9. The number of nitrogens with zero attached hydrogens (tertiary/aromatic N) is 4. The number of benzene rings is 2. The van der Waals surface area contributed by atoms with Crippen LogP contribution in [0.5, 0.6) is 23.0 Å². The van der Waals surface area contributed by atoms with Gasteiger partial charge in [0.1, 0.15) is 17.3 Å². The fraction of sp³-hybridized carbons (Fsp3) is 0.549. The van der Waals surface area contributed by atoms with E-state index in [1.54, 1.807) is 49.1 Å². The third kappa shape index (κ3) is 15.6.